The maximum atomic E-state index is 4.71. The molecule has 5 aromatic rings. The van der Waals surface area contributed by atoms with Crippen LogP contribution in [0.1, 0.15) is 31.2 Å². The molecule has 0 radical (unpaired) electrons. The number of piperazine rings is 1. The summed E-state index contributed by atoms with van der Waals surface area (Å²) in [5.74, 6) is 0.834. The third kappa shape index (κ3) is 4.90. The lowest BCUT2D eigenvalue weighted by Gasteiger charge is -2.34. The second-order valence-electron chi connectivity index (χ2n) is 11.3. The fourth-order valence-electron chi connectivity index (χ4n) is 6.24. The molecule has 1 aliphatic carbocycles. The Morgan fingerprint density at radius 2 is 1.82 bits per heavy atom. The van der Waals surface area contributed by atoms with Gasteiger partial charge in [0.2, 0.25) is 0 Å². The van der Waals surface area contributed by atoms with Crippen molar-refractivity contribution in [3.8, 4) is 22.5 Å². The zero-order chi connectivity index (χ0) is 26.2. The SMILES string of the molecule is CN1CCN(c2ccnc3[nH]c(-c4n[nH]c5ccc(-c6cncc(CNCC7CCCC7)c6)cc45)cc23)CC1. The molecule has 3 N–H and O–H groups in total. The number of aromatic nitrogens is 5. The first kappa shape index (κ1) is 24.3. The summed E-state index contributed by atoms with van der Waals surface area (Å²) in [5, 5.41) is 13.8. The molecule has 200 valence electrons. The Labute approximate surface area is 228 Å². The molecule has 0 unspecified atom stereocenters. The fourth-order valence-corrected chi connectivity index (χ4v) is 6.24. The standard InChI is InChI=1S/C31H36N8/c1-38-10-12-39(13-11-38)29-8-9-34-31-26(29)16-28(35-31)30-25-15-23(6-7-27(25)36-37-30)24-14-22(19-33-20-24)18-32-17-21-4-2-3-5-21/h6-9,14-16,19-21,32H,2-5,10-13,17-18H2,1H3,(H,34,35)(H,36,37). The number of H-pyrrole nitrogens is 2. The van der Waals surface area contributed by atoms with Crippen LogP contribution in [0.3, 0.4) is 0 Å². The number of anilines is 1. The summed E-state index contributed by atoms with van der Waals surface area (Å²) in [6.07, 6.45) is 11.3. The molecule has 1 aromatic carbocycles. The molecule has 4 aromatic heterocycles. The van der Waals surface area contributed by atoms with Crippen LogP contribution in [0.25, 0.3) is 44.5 Å². The van der Waals surface area contributed by atoms with Gasteiger partial charge < -0.3 is 20.1 Å². The molecule has 1 saturated heterocycles. The van der Waals surface area contributed by atoms with Gasteiger partial charge in [-0.05, 0) is 73.8 Å². The van der Waals surface area contributed by atoms with E-state index in [9.17, 15) is 0 Å². The number of rotatable bonds is 7. The molecule has 0 atom stereocenters. The number of nitrogens with zero attached hydrogens (tertiary/aromatic N) is 5. The lowest BCUT2D eigenvalue weighted by Crippen LogP contribution is -2.44. The van der Waals surface area contributed by atoms with E-state index >= 15 is 0 Å². The van der Waals surface area contributed by atoms with Gasteiger partial charge in [0.15, 0.2) is 0 Å². The molecule has 5 heterocycles. The molecule has 0 bridgehead atoms. The summed E-state index contributed by atoms with van der Waals surface area (Å²) in [7, 11) is 2.19. The third-order valence-corrected chi connectivity index (χ3v) is 8.54. The van der Waals surface area contributed by atoms with Crippen LogP contribution in [0.15, 0.2) is 55.0 Å². The average Bonchev–Trinajstić information content (AvgIpc) is 3.73. The molecular formula is C31H36N8. The first-order valence-electron chi connectivity index (χ1n) is 14.3. The normalized spacial score (nSPS) is 17.1. The Balaban J connectivity index is 1.17. The van der Waals surface area contributed by atoms with Gasteiger partial charge in [-0.25, -0.2) is 4.98 Å². The first-order valence-corrected chi connectivity index (χ1v) is 14.3. The number of likely N-dealkylation sites (N-methyl/N-ethyl adjacent to an activating group) is 1. The maximum absolute atomic E-state index is 4.71. The Kier molecular flexibility index (Phi) is 6.50. The molecule has 7 rings (SSSR count). The van der Waals surface area contributed by atoms with Crippen molar-refractivity contribution in [1.82, 2.24) is 35.4 Å². The van der Waals surface area contributed by atoms with Crippen molar-refractivity contribution in [2.24, 2.45) is 5.92 Å². The number of aromatic amines is 2. The third-order valence-electron chi connectivity index (χ3n) is 8.54. The van der Waals surface area contributed by atoms with Gasteiger partial charge in [-0.3, -0.25) is 10.1 Å². The quantitative estimate of drug-likeness (QED) is 0.273. The Hall–Kier alpha value is -3.75. The summed E-state index contributed by atoms with van der Waals surface area (Å²) in [5.41, 5.74) is 8.53. The van der Waals surface area contributed by atoms with Gasteiger partial charge in [-0.2, -0.15) is 5.10 Å². The van der Waals surface area contributed by atoms with E-state index in [1.54, 1.807) is 0 Å². The summed E-state index contributed by atoms with van der Waals surface area (Å²) in [4.78, 5) is 17.6. The van der Waals surface area contributed by atoms with Gasteiger partial charge in [0, 0.05) is 73.3 Å². The predicted molar refractivity (Wildman–Crippen MR) is 158 cm³/mol. The van der Waals surface area contributed by atoms with Crippen molar-refractivity contribution in [3.63, 3.8) is 0 Å². The number of nitrogens with one attached hydrogen (secondary N) is 3. The smallest absolute Gasteiger partial charge is 0.139 e. The minimum Gasteiger partial charge on any atom is -0.368 e. The molecule has 1 saturated carbocycles. The fraction of sp³-hybridized carbons (Fsp3) is 0.387. The van der Waals surface area contributed by atoms with Gasteiger partial charge >= 0.3 is 0 Å². The zero-order valence-corrected chi connectivity index (χ0v) is 22.6. The van der Waals surface area contributed by atoms with Crippen LogP contribution in [0, 0.1) is 5.92 Å². The number of benzene rings is 1. The molecular weight excluding hydrogens is 484 g/mol. The van der Waals surface area contributed by atoms with Crippen LogP contribution in [0.5, 0.6) is 0 Å². The van der Waals surface area contributed by atoms with Gasteiger partial charge in [-0.1, -0.05) is 18.9 Å². The van der Waals surface area contributed by atoms with Crippen molar-refractivity contribution >= 4 is 27.6 Å². The molecule has 2 fully saturated rings. The van der Waals surface area contributed by atoms with Crippen LogP contribution in [-0.2, 0) is 6.54 Å². The first-order chi connectivity index (χ1) is 19.2. The Bertz CT molecular complexity index is 1590. The van der Waals surface area contributed by atoms with Crippen LogP contribution >= 0.6 is 0 Å². The summed E-state index contributed by atoms with van der Waals surface area (Å²) in [6.45, 7) is 6.14. The van der Waals surface area contributed by atoms with E-state index in [1.165, 1.54) is 36.9 Å². The number of pyridine rings is 2. The lowest BCUT2D eigenvalue weighted by atomic mass is 10.0. The molecule has 39 heavy (non-hydrogen) atoms. The molecule has 0 spiro atoms. The summed E-state index contributed by atoms with van der Waals surface area (Å²) in [6, 6.07) is 13.1. The van der Waals surface area contributed by atoms with E-state index in [4.69, 9.17) is 5.10 Å². The van der Waals surface area contributed by atoms with Crippen molar-refractivity contribution < 1.29 is 0 Å². The monoisotopic (exact) mass is 520 g/mol. The minimum atomic E-state index is 0.834. The van der Waals surface area contributed by atoms with Gasteiger partial charge in [0.05, 0.1) is 11.2 Å². The van der Waals surface area contributed by atoms with Crippen LogP contribution in [0.4, 0.5) is 5.69 Å². The highest BCUT2D eigenvalue weighted by molar-refractivity contribution is 5.99. The van der Waals surface area contributed by atoms with E-state index in [0.717, 1.165) is 89.6 Å². The van der Waals surface area contributed by atoms with Crippen LogP contribution < -0.4 is 10.2 Å². The van der Waals surface area contributed by atoms with E-state index in [2.05, 4.69) is 78.6 Å². The van der Waals surface area contributed by atoms with E-state index < -0.39 is 0 Å². The van der Waals surface area contributed by atoms with Crippen molar-refractivity contribution in [1.29, 1.82) is 0 Å². The second kappa shape index (κ2) is 10.4. The molecule has 8 nitrogen and oxygen atoms in total. The van der Waals surface area contributed by atoms with E-state index in [0.29, 0.717) is 0 Å². The highest BCUT2D eigenvalue weighted by Gasteiger charge is 2.20. The second-order valence-corrected chi connectivity index (χ2v) is 11.3. The lowest BCUT2D eigenvalue weighted by molar-refractivity contribution is 0.313. The Morgan fingerprint density at radius 1 is 0.949 bits per heavy atom. The number of hydrogen-bond donors (Lipinski definition) is 3. The minimum absolute atomic E-state index is 0.834. The van der Waals surface area contributed by atoms with Crippen molar-refractivity contribution in [3.05, 3.63) is 60.6 Å². The maximum Gasteiger partial charge on any atom is 0.139 e. The van der Waals surface area contributed by atoms with Gasteiger partial charge in [0.25, 0.3) is 0 Å². The van der Waals surface area contributed by atoms with Crippen LogP contribution in [0.2, 0.25) is 0 Å². The van der Waals surface area contributed by atoms with Gasteiger partial charge in [-0.15, -0.1) is 0 Å². The average molecular weight is 521 g/mol. The largest absolute Gasteiger partial charge is 0.368 e. The zero-order valence-electron chi connectivity index (χ0n) is 22.6. The topological polar surface area (TPSA) is 88.8 Å². The van der Waals surface area contributed by atoms with Crippen LogP contribution in [-0.4, -0.2) is 69.8 Å². The number of hydrogen-bond acceptors (Lipinski definition) is 6. The highest BCUT2D eigenvalue weighted by atomic mass is 15.2. The number of fused-ring (bicyclic) bond motifs is 2. The molecule has 0 amide bonds. The highest BCUT2D eigenvalue weighted by Crippen LogP contribution is 2.34. The van der Waals surface area contributed by atoms with Gasteiger partial charge in [0.1, 0.15) is 11.3 Å². The van der Waals surface area contributed by atoms with Crippen molar-refractivity contribution in [2.75, 3.05) is 44.7 Å². The Morgan fingerprint density at radius 3 is 2.69 bits per heavy atom. The predicted octanol–water partition coefficient (Wildman–Crippen LogP) is 5.20. The van der Waals surface area contributed by atoms with E-state index in [1.807, 2.05) is 18.6 Å². The molecule has 2 aliphatic rings. The molecule has 8 heteroatoms. The summed E-state index contributed by atoms with van der Waals surface area (Å²) >= 11 is 0. The summed E-state index contributed by atoms with van der Waals surface area (Å²) < 4.78 is 0. The van der Waals surface area contributed by atoms with Crippen molar-refractivity contribution in [2.45, 2.75) is 32.2 Å². The van der Waals surface area contributed by atoms with E-state index in [-0.39, 0.29) is 0 Å². The molecule has 1 aliphatic heterocycles.